The molecule has 1 amide bonds. The maximum Gasteiger partial charge on any atom is 0.294 e. The van der Waals surface area contributed by atoms with Crippen molar-refractivity contribution in [3.05, 3.63) is 69.5 Å². The summed E-state index contributed by atoms with van der Waals surface area (Å²) in [5.41, 5.74) is 3.45. The van der Waals surface area contributed by atoms with E-state index in [0.717, 1.165) is 28.2 Å². The van der Waals surface area contributed by atoms with E-state index < -0.39 is 0 Å². The average Bonchev–Trinajstić information content (AvgIpc) is 3.39. The molecule has 0 saturated heterocycles. The first-order valence-corrected chi connectivity index (χ1v) is 10.8. The maximum atomic E-state index is 13.1. The topological polar surface area (TPSA) is 77.3 Å². The van der Waals surface area contributed by atoms with Gasteiger partial charge in [-0.2, -0.15) is 5.10 Å². The minimum absolute atomic E-state index is 0.142. The van der Waals surface area contributed by atoms with Crippen molar-refractivity contribution in [3.8, 4) is 17.0 Å². The summed E-state index contributed by atoms with van der Waals surface area (Å²) in [4.78, 5) is 32.4. The van der Waals surface area contributed by atoms with Crippen LogP contribution >= 0.6 is 11.3 Å². The number of para-hydroxylation sites is 1. The molecule has 3 heterocycles. The Labute approximate surface area is 182 Å². The van der Waals surface area contributed by atoms with E-state index in [4.69, 9.17) is 4.74 Å². The Bertz CT molecular complexity index is 1380. The van der Waals surface area contributed by atoms with Crippen molar-refractivity contribution in [2.75, 3.05) is 18.6 Å². The Morgan fingerprint density at radius 1 is 1.19 bits per heavy atom. The summed E-state index contributed by atoms with van der Waals surface area (Å²) in [5, 5.41) is 5.37. The Balaban J connectivity index is 1.59. The lowest BCUT2D eigenvalue weighted by Gasteiger charge is -2.18. The predicted molar refractivity (Wildman–Crippen MR) is 121 cm³/mol. The molecule has 2 aromatic carbocycles. The molecule has 2 aromatic heterocycles. The SMILES string of the molecule is COc1cccc(-c2nn(CC(=O)N3CCc4ccccc43)c(=O)c3nc(C)sc23)c1. The zero-order valence-electron chi connectivity index (χ0n) is 17.2. The number of carbonyl (C=O) groups excluding carboxylic acids is 1. The molecule has 156 valence electrons. The number of carbonyl (C=O) groups is 1. The number of nitrogens with zero attached hydrogens (tertiary/aromatic N) is 4. The smallest absolute Gasteiger partial charge is 0.294 e. The van der Waals surface area contributed by atoms with Crippen LogP contribution in [0.2, 0.25) is 0 Å². The van der Waals surface area contributed by atoms with Crippen LogP contribution in [0.25, 0.3) is 21.5 Å². The number of benzene rings is 2. The molecule has 0 radical (unpaired) electrons. The lowest BCUT2D eigenvalue weighted by Crippen LogP contribution is -2.36. The molecular weight excluding hydrogens is 412 g/mol. The van der Waals surface area contributed by atoms with Crippen molar-refractivity contribution in [1.82, 2.24) is 14.8 Å². The molecule has 8 heteroatoms. The summed E-state index contributed by atoms with van der Waals surface area (Å²) in [7, 11) is 1.60. The molecule has 1 aliphatic heterocycles. The third kappa shape index (κ3) is 3.38. The number of methoxy groups -OCH3 is 1. The van der Waals surface area contributed by atoms with Gasteiger partial charge in [0.05, 0.1) is 16.8 Å². The van der Waals surface area contributed by atoms with Gasteiger partial charge in [-0.1, -0.05) is 30.3 Å². The number of amides is 1. The fourth-order valence-electron chi connectivity index (χ4n) is 3.94. The monoisotopic (exact) mass is 432 g/mol. The standard InChI is InChI=1S/C23H20N4O3S/c1-14-24-21-22(31-14)20(16-7-5-8-17(12-16)30-2)25-27(23(21)29)13-19(28)26-11-10-15-6-3-4-9-18(15)26/h3-9,12H,10-11,13H2,1-2H3. The second kappa shape index (κ2) is 7.63. The quantitative estimate of drug-likeness (QED) is 0.494. The number of hydrogen-bond acceptors (Lipinski definition) is 6. The molecule has 1 aliphatic rings. The molecular formula is C23H20N4O3S. The van der Waals surface area contributed by atoms with Crippen LogP contribution in [0.4, 0.5) is 5.69 Å². The Morgan fingerprint density at radius 3 is 2.87 bits per heavy atom. The van der Waals surface area contributed by atoms with Gasteiger partial charge in [-0.3, -0.25) is 9.59 Å². The second-order valence-corrected chi connectivity index (χ2v) is 8.58. The molecule has 0 aliphatic carbocycles. The first-order valence-electron chi connectivity index (χ1n) is 9.96. The highest BCUT2D eigenvalue weighted by atomic mass is 32.1. The minimum atomic E-state index is -0.355. The van der Waals surface area contributed by atoms with Crippen molar-refractivity contribution < 1.29 is 9.53 Å². The van der Waals surface area contributed by atoms with Crippen LogP contribution in [0, 0.1) is 6.92 Å². The summed E-state index contributed by atoms with van der Waals surface area (Å²) < 4.78 is 7.29. The maximum absolute atomic E-state index is 13.1. The highest BCUT2D eigenvalue weighted by Crippen LogP contribution is 2.31. The normalized spacial score (nSPS) is 12.9. The summed E-state index contributed by atoms with van der Waals surface area (Å²) in [6.45, 7) is 2.32. The first kappa shape index (κ1) is 19.4. The third-order valence-electron chi connectivity index (χ3n) is 5.42. The molecule has 0 saturated carbocycles. The number of rotatable bonds is 4. The van der Waals surface area contributed by atoms with Crippen LogP contribution in [0.15, 0.2) is 53.3 Å². The van der Waals surface area contributed by atoms with E-state index in [1.807, 2.05) is 55.5 Å². The molecule has 0 bridgehead atoms. The van der Waals surface area contributed by atoms with E-state index in [-0.39, 0.29) is 18.0 Å². The number of anilines is 1. The Hall–Kier alpha value is -3.52. The Morgan fingerprint density at radius 2 is 2.03 bits per heavy atom. The average molecular weight is 433 g/mol. The van der Waals surface area contributed by atoms with Crippen molar-refractivity contribution in [2.45, 2.75) is 19.9 Å². The summed E-state index contributed by atoms with van der Waals surface area (Å²) in [5.74, 6) is 0.527. The van der Waals surface area contributed by atoms with Gasteiger partial charge in [0.15, 0.2) is 5.52 Å². The molecule has 0 unspecified atom stereocenters. The van der Waals surface area contributed by atoms with Gasteiger partial charge >= 0.3 is 0 Å². The zero-order chi connectivity index (χ0) is 21.5. The molecule has 31 heavy (non-hydrogen) atoms. The number of fused-ring (bicyclic) bond motifs is 2. The van der Waals surface area contributed by atoms with Crippen LogP contribution < -0.4 is 15.2 Å². The van der Waals surface area contributed by atoms with Crippen LogP contribution in [0.5, 0.6) is 5.75 Å². The fraction of sp³-hybridized carbons (Fsp3) is 0.217. The van der Waals surface area contributed by atoms with E-state index in [1.54, 1.807) is 12.0 Å². The summed E-state index contributed by atoms with van der Waals surface area (Å²) in [6.07, 6.45) is 0.809. The summed E-state index contributed by atoms with van der Waals surface area (Å²) >= 11 is 1.42. The lowest BCUT2D eigenvalue weighted by molar-refractivity contribution is -0.119. The molecule has 5 rings (SSSR count). The van der Waals surface area contributed by atoms with Crippen LogP contribution in [-0.4, -0.2) is 34.3 Å². The van der Waals surface area contributed by atoms with Crippen molar-refractivity contribution in [2.24, 2.45) is 0 Å². The predicted octanol–water partition coefficient (Wildman–Crippen LogP) is 3.43. The third-order valence-corrected chi connectivity index (χ3v) is 6.40. The first-order chi connectivity index (χ1) is 15.0. The number of ether oxygens (including phenoxy) is 1. The lowest BCUT2D eigenvalue weighted by atomic mass is 10.1. The molecule has 0 fully saturated rings. The van der Waals surface area contributed by atoms with Gasteiger partial charge in [-0.25, -0.2) is 9.67 Å². The highest BCUT2D eigenvalue weighted by molar-refractivity contribution is 7.19. The van der Waals surface area contributed by atoms with Crippen molar-refractivity contribution in [1.29, 1.82) is 0 Å². The molecule has 0 atom stereocenters. The van der Waals surface area contributed by atoms with Crippen LogP contribution in [0.3, 0.4) is 0 Å². The highest BCUT2D eigenvalue weighted by Gasteiger charge is 2.26. The van der Waals surface area contributed by atoms with Gasteiger partial charge in [0.2, 0.25) is 5.91 Å². The van der Waals surface area contributed by atoms with E-state index in [1.165, 1.54) is 16.0 Å². The van der Waals surface area contributed by atoms with E-state index >= 15 is 0 Å². The minimum Gasteiger partial charge on any atom is -0.497 e. The zero-order valence-corrected chi connectivity index (χ0v) is 18.0. The number of aromatic nitrogens is 3. The molecule has 4 aromatic rings. The van der Waals surface area contributed by atoms with E-state index in [9.17, 15) is 9.59 Å². The van der Waals surface area contributed by atoms with Gasteiger partial charge in [-0.05, 0) is 37.1 Å². The molecule has 7 nitrogen and oxygen atoms in total. The van der Waals surface area contributed by atoms with E-state index in [2.05, 4.69) is 10.1 Å². The van der Waals surface area contributed by atoms with Gasteiger partial charge < -0.3 is 9.64 Å². The van der Waals surface area contributed by atoms with Crippen molar-refractivity contribution in [3.63, 3.8) is 0 Å². The second-order valence-electron chi connectivity index (χ2n) is 7.38. The van der Waals surface area contributed by atoms with Gasteiger partial charge in [0.1, 0.15) is 18.0 Å². The van der Waals surface area contributed by atoms with Gasteiger partial charge in [0.25, 0.3) is 5.56 Å². The number of thiazole rings is 1. The van der Waals surface area contributed by atoms with E-state index in [0.29, 0.717) is 28.2 Å². The Kier molecular flexibility index (Phi) is 4.78. The van der Waals surface area contributed by atoms with Gasteiger partial charge in [0, 0.05) is 17.8 Å². The fourth-order valence-corrected chi connectivity index (χ4v) is 4.86. The summed E-state index contributed by atoms with van der Waals surface area (Å²) in [6, 6.07) is 15.3. The van der Waals surface area contributed by atoms with Crippen LogP contribution in [0.1, 0.15) is 10.6 Å². The molecule has 0 N–H and O–H groups in total. The molecule has 0 spiro atoms. The largest absolute Gasteiger partial charge is 0.497 e. The van der Waals surface area contributed by atoms with Crippen molar-refractivity contribution >= 4 is 33.1 Å². The number of hydrogen-bond donors (Lipinski definition) is 0. The number of aryl methyl sites for hydroxylation is 1. The van der Waals surface area contributed by atoms with Gasteiger partial charge in [-0.15, -0.1) is 11.3 Å². The van der Waals surface area contributed by atoms with Crippen LogP contribution in [-0.2, 0) is 17.8 Å².